The summed E-state index contributed by atoms with van der Waals surface area (Å²) in [6, 6.07) is 7.24. The van der Waals surface area contributed by atoms with E-state index in [4.69, 9.17) is 0 Å². The summed E-state index contributed by atoms with van der Waals surface area (Å²) < 4.78 is 27.7. The van der Waals surface area contributed by atoms with E-state index in [0.717, 1.165) is 17.6 Å². The molecule has 1 heterocycles. The monoisotopic (exact) mass is 318 g/mol. The van der Waals surface area contributed by atoms with E-state index >= 15 is 0 Å². The zero-order valence-electron chi connectivity index (χ0n) is 9.32. The van der Waals surface area contributed by atoms with Crippen molar-refractivity contribution in [2.75, 3.05) is 17.8 Å². The molecule has 4 nitrogen and oxygen atoms in total. The molecular weight excluding hydrogens is 304 g/mol. The topological polar surface area (TPSA) is 58.2 Å². The first-order chi connectivity index (χ1) is 8.09. The number of sulfonamides is 1. The van der Waals surface area contributed by atoms with Crippen LogP contribution in [-0.4, -0.2) is 26.8 Å². The van der Waals surface area contributed by atoms with Gasteiger partial charge in [-0.2, -0.15) is 0 Å². The van der Waals surface area contributed by atoms with Gasteiger partial charge in [-0.05, 0) is 54.0 Å². The highest BCUT2D eigenvalue weighted by molar-refractivity contribution is 9.10. The first-order valence-corrected chi connectivity index (χ1v) is 7.90. The van der Waals surface area contributed by atoms with Crippen LogP contribution in [0.2, 0.25) is 0 Å². The van der Waals surface area contributed by atoms with Gasteiger partial charge >= 0.3 is 0 Å². The number of rotatable bonds is 3. The van der Waals surface area contributed by atoms with Crippen LogP contribution in [0.5, 0.6) is 0 Å². The number of nitrogens with one attached hydrogen (secondary N) is 2. The van der Waals surface area contributed by atoms with Gasteiger partial charge in [0.25, 0.3) is 0 Å². The van der Waals surface area contributed by atoms with Crippen molar-refractivity contribution in [2.45, 2.75) is 18.1 Å². The molecule has 2 N–H and O–H groups in total. The van der Waals surface area contributed by atoms with E-state index in [1.54, 1.807) is 6.07 Å². The lowest BCUT2D eigenvalue weighted by Gasteiger charge is -2.23. The van der Waals surface area contributed by atoms with E-state index in [-0.39, 0.29) is 5.25 Å². The molecule has 0 spiro atoms. The number of anilines is 1. The second kappa shape index (κ2) is 5.37. The highest BCUT2D eigenvalue weighted by Crippen LogP contribution is 2.24. The molecular formula is C11H15BrN2O2S. The predicted molar refractivity (Wildman–Crippen MR) is 72.6 cm³/mol. The van der Waals surface area contributed by atoms with Crippen LogP contribution in [0.4, 0.5) is 5.69 Å². The van der Waals surface area contributed by atoms with E-state index < -0.39 is 10.0 Å². The Hall–Kier alpha value is -0.590. The number of halogens is 1. The van der Waals surface area contributed by atoms with Gasteiger partial charge in [-0.3, -0.25) is 4.72 Å². The molecule has 0 atom stereocenters. The number of benzene rings is 1. The molecule has 0 bridgehead atoms. The normalized spacial score (nSPS) is 17.9. The van der Waals surface area contributed by atoms with E-state index in [1.165, 1.54) is 0 Å². The molecule has 1 aliphatic heterocycles. The summed E-state index contributed by atoms with van der Waals surface area (Å²) in [6.45, 7) is 1.53. The summed E-state index contributed by atoms with van der Waals surface area (Å²) in [5, 5.41) is 2.87. The van der Waals surface area contributed by atoms with Gasteiger partial charge in [0.2, 0.25) is 10.0 Å². The summed E-state index contributed by atoms with van der Waals surface area (Å²) in [6.07, 6.45) is 1.33. The molecule has 1 aliphatic rings. The zero-order valence-corrected chi connectivity index (χ0v) is 11.7. The van der Waals surface area contributed by atoms with E-state index in [9.17, 15) is 8.42 Å². The molecule has 1 saturated heterocycles. The molecule has 17 heavy (non-hydrogen) atoms. The number of piperidine rings is 1. The van der Waals surface area contributed by atoms with Crippen LogP contribution in [0.1, 0.15) is 12.8 Å². The number of para-hydroxylation sites is 1. The van der Waals surface area contributed by atoms with Gasteiger partial charge < -0.3 is 5.32 Å². The Balaban J connectivity index is 2.14. The van der Waals surface area contributed by atoms with E-state index in [2.05, 4.69) is 26.0 Å². The summed E-state index contributed by atoms with van der Waals surface area (Å²) in [7, 11) is -3.28. The summed E-state index contributed by atoms with van der Waals surface area (Å²) >= 11 is 3.33. The molecule has 1 aromatic rings. The average molecular weight is 319 g/mol. The predicted octanol–water partition coefficient (Wildman–Crippen LogP) is 1.94. The van der Waals surface area contributed by atoms with E-state index in [0.29, 0.717) is 18.5 Å². The third-order valence-electron chi connectivity index (χ3n) is 2.85. The third kappa shape index (κ3) is 3.20. The van der Waals surface area contributed by atoms with Crippen LogP contribution in [0.25, 0.3) is 0 Å². The molecule has 0 saturated carbocycles. The first kappa shape index (κ1) is 12.9. The lowest BCUT2D eigenvalue weighted by molar-refractivity contribution is 0.499. The number of hydrogen-bond acceptors (Lipinski definition) is 3. The minimum Gasteiger partial charge on any atom is -0.317 e. The maximum atomic E-state index is 12.1. The van der Waals surface area contributed by atoms with Crippen LogP contribution in [0.15, 0.2) is 28.7 Å². The fourth-order valence-electron chi connectivity index (χ4n) is 1.89. The molecule has 2 rings (SSSR count). The van der Waals surface area contributed by atoms with Crippen LogP contribution >= 0.6 is 15.9 Å². The third-order valence-corrected chi connectivity index (χ3v) is 5.40. The maximum Gasteiger partial charge on any atom is 0.235 e. The highest BCUT2D eigenvalue weighted by Gasteiger charge is 2.27. The van der Waals surface area contributed by atoms with Gasteiger partial charge in [0.1, 0.15) is 0 Å². The van der Waals surface area contributed by atoms with Gasteiger partial charge in [-0.25, -0.2) is 8.42 Å². The molecule has 1 aromatic carbocycles. The van der Waals surface area contributed by atoms with Gasteiger partial charge in [-0.1, -0.05) is 12.1 Å². The fourth-order valence-corrected chi connectivity index (χ4v) is 3.91. The Kier molecular flexibility index (Phi) is 4.06. The molecule has 0 aliphatic carbocycles. The molecule has 0 amide bonds. The van der Waals surface area contributed by atoms with Gasteiger partial charge in [0.15, 0.2) is 0 Å². The Morgan fingerprint density at radius 3 is 2.53 bits per heavy atom. The second-order valence-electron chi connectivity index (χ2n) is 4.08. The Bertz CT molecular complexity index is 484. The smallest absolute Gasteiger partial charge is 0.235 e. The minimum absolute atomic E-state index is 0.296. The van der Waals surface area contributed by atoms with E-state index in [1.807, 2.05) is 18.2 Å². The fraction of sp³-hybridized carbons (Fsp3) is 0.455. The standard InChI is InChI=1S/C11H15BrN2O2S/c12-10-3-1-2-4-11(10)14-17(15,16)9-5-7-13-8-6-9/h1-4,9,13-14H,5-8H2. The van der Waals surface area contributed by atoms with Gasteiger partial charge in [0, 0.05) is 4.47 Å². The molecule has 0 aromatic heterocycles. The first-order valence-electron chi connectivity index (χ1n) is 5.56. The SMILES string of the molecule is O=S(=O)(Nc1ccccc1Br)C1CCNCC1. The number of hydrogen-bond donors (Lipinski definition) is 2. The van der Waals surface area contributed by atoms with Crippen LogP contribution in [0, 0.1) is 0 Å². The molecule has 1 fully saturated rings. The largest absolute Gasteiger partial charge is 0.317 e. The van der Waals surface area contributed by atoms with Crippen molar-refractivity contribution < 1.29 is 8.42 Å². The Morgan fingerprint density at radius 1 is 1.24 bits per heavy atom. The van der Waals surface area contributed by atoms with Crippen LogP contribution in [-0.2, 0) is 10.0 Å². The molecule has 0 unspecified atom stereocenters. The van der Waals surface area contributed by atoms with Crippen molar-refractivity contribution in [1.29, 1.82) is 0 Å². The van der Waals surface area contributed by atoms with Crippen molar-refractivity contribution in [3.63, 3.8) is 0 Å². The van der Waals surface area contributed by atoms with Crippen molar-refractivity contribution >= 4 is 31.6 Å². The molecule has 0 radical (unpaired) electrons. The second-order valence-corrected chi connectivity index (χ2v) is 6.89. The molecule has 6 heteroatoms. The summed E-state index contributed by atoms with van der Waals surface area (Å²) in [5.41, 5.74) is 0.603. The quantitative estimate of drug-likeness (QED) is 0.895. The summed E-state index contributed by atoms with van der Waals surface area (Å²) in [5.74, 6) is 0. The zero-order chi connectivity index (χ0) is 12.3. The van der Waals surface area contributed by atoms with Crippen molar-refractivity contribution in [1.82, 2.24) is 5.32 Å². The Morgan fingerprint density at radius 2 is 1.88 bits per heavy atom. The van der Waals surface area contributed by atoms with Crippen molar-refractivity contribution in [3.8, 4) is 0 Å². The maximum absolute atomic E-state index is 12.1. The molecule has 94 valence electrons. The lowest BCUT2D eigenvalue weighted by Crippen LogP contribution is -2.38. The summed E-state index contributed by atoms with van der Waals surface area (Å²) in [4.78, 5) is 0. The van der Waals surface area contributed by atoms with Crippen molar-refractivity contribution in [3.05, 3.63) is 28.7 Å². The Labute approximate surface area is 110 Å². The average Bonchev–Trinajstić information content (AvgIpc) is 2.33. The lowest BCUT2D eigenvalue weighted by atomic mass is 10.2. The highest BCUT2D eigenvalue weighted by atomic mass is 79.9. The van der Waals surface area contributed by atoms with Crippen molar-refractivity contribution in [2.24, 2.45) is 0 Å². The van der Waals surface area contributed by atoms with Gasteiger partial charge in [-0.15, -0.1) is 0 Å². The minimum atomic E-state index is -3.28. The van der Waals surface area contributed by atoms with Gasteiger partial charge in [0.05, 0.1) is 10.9 Å². The van der Waals surface area contributed by atoms with Crippen LogP contribution < -0.4 is 10.0 Å². The van der Waals surface area contributed by atoms with Crippen LogP contribution in [0.3, 0.4) is 0 Å².